The molecule has 0 N–H and O–H groups in total. The van der Waals surface area contributed by atoms with E-state index in [-0.39, 0.29) is 10.5 Å². The number of fused-ring (bicyclic) bond motifs is 1. The highest BCUT2D eigenvalue weighted by Crippen LogP contribution is 2.24. The molecule has 3 rings (SSSR count). The van der Waals surface area contributed by atoms with Gasteiger partial charge < -0.3 is 9.30 Å². The van der Waals surface area contributed by atoms with Gasteiger partial charge in [-0.25, -0.2) is 8.42 Å². The lowest BCUT2D eigenvalue weighted by molar-refractivity contribution is 0.0997. The lowest BCUT2D eigenvalue weighted by Crippen LogP contribution is -2.17. The second-order valence-electron chi connectivity index (χ2n) is 6.73. The van der Waals surface area contributed by atoms with Gasteiger partial charge >= 0.3 is 0 Å². The van der Waals surface area contributed by atoms with Gasteiger partial charge in [-0.2, -0.15) is 4.99 Å². The van der Waals surface area contributed by atoms with Crippen LogP contribution in [-0.4, -0.2) is 30.7 Å². The number of hydrogen-bond acceptors (Lipinski definition) is 5. The van der Waals surface area contributed by atoms with Crippen molar-refractivity contribution in [3.8, 4) is 5.75 Å². The summed E-state index contributed by atoms with van der Waals surface area (Å²) in [6, 6.07) is 11.9. The normalized spacial score (nSPS) is 12.7. The zero-order valence-corrected chi connectivity index (χ0v) is 18.5. The Bertz CT molecular complexity index is 1220. The fraction of sp³-hybridized carbons (Fsp3) is 0.333. The Hall–Kier alpha value is -2.45. The van der Waals surface area contributed by atoms with E-state index in [0.29, 0.717) is 18.0 Å². The number of thiazole rings is 1. The highest BCUT2D eigenvalue weighted by Gasteiger charge is 2.20. The predicted octanol–water partition coefficient (Wildman–Crippen LogP) is 4.04. The minimum Gasteiger partial charge on any atom is -0.494 e. The first-order valence-electron chi connectivity index (χ1n) is 9.47. The summed E-state index contributed by atoms with van der Waals surface area (Å²) in [5.74, 6) is 0.304. The van der Waals surface area contributed by atoms with Crippen LogP contribution in [0.3, 0.4) is 0 Å². The van der Waals surface area contributed by atoms with Gasteiger partial charge in [0, 0.05) is 12.1 Å². The summed E-state index contributed by atoms with van der Waals surface area (Å²) < 4.78 is 33.3. The average Bonchev–Trinajstić information content (AvgIpc) is 3.04. The number of carbonyl (C=O) groups is 1. The minimum atomic E-state index is -3.46. The van der Waals surface area contributed by atoms with Gasteiger partial charge in [0.05, 0.1) is 27.0 Å². The number of sulfone groups is 1. The smallest absolute Gasteiger partial charge is 0.279 e. The second-order valence-corrected chi connectivity index (χ2v) is 10.2. The number of aryl methyl sites for hydroxylation is 1. The molecule has 154 valence electrons. The Balaban J connectivity index is 2.06. The van der Waals surface area contributed by atoms with E-state index in [1.807, 2.05) is 36.6 Å². The van der Waals surface area contributed by atoms with E-state index in [0.717, 1.165) is 16.0 Å². The summed E-state index contributed by atoms with van der Waals surface area (Å²) in [4.78, 5) is 17.8. The third-order valence-electron chi connectivity index (χ3n) is 4.51. The van der Waals surface area contributed by atoms with Gasteiger partial charge in [-0.3, -0.25) is 4.79 Å². The van der Waals surface area contributed by atoms with Gasteiger partial charge in [-0.05, 0) is 64.1 Å². The highest BCUT2D eigenvalue weighted by molar-refractivity contribution is 7.92. The fourth-order valence-corrected chi connectivity index (χ4v) is 5.16. The first kappa shape index (κ1) is 21.3. The van der Waals surface area contributed by atoms with Gasteiger partial charge in [-0.1, -0.05) is 17.4 Å². The van der Waals surface area contributed by atoms with Crippen molar-refractivity contribution in [2.24, 2.45) is 4.99 Å². The Labute approximate surface area is 174 Å². The molecule has 0 aliphatic rings. The molecular formula is C21H24N2O4S2. The molecule has 8 heteroatoms. The van der Waals surface area contributed by atoms with E-state index in [4.69, 9.17) is 4.74 Å². The van der Waals surface area contributed by atoms with E-state index >= 15 is 0 Å². The summed E-state index contributed by atoms with van der Waals surface area (Å²) in [6.45, 7) is 8.38. The van der Waals surface area contributed by atoms with Crippen molar-refractivity contribution >= 4 is 37.3 Å². The van der Waals surface area contributed by atoms with Crippen LogP contribution in [0.4, 0.5) is 0 Å². The molecule has 3 aromatic rings. The molecule has 1 aromatic heterocycles. The van der Waals surface area contributed by atoms with Crippen LogP contribution in [0.1, 0.15) is 38.1 Å². The van der Waals surface area contributed by atoms with Crippen LogP contribution in [0.2, 0.25) is 0 Å². The molecule has 29 heavy (non-hydrogen) atoms. The van der Waals surface area contributed by atoms with Crippen molar-refractivity contribution in [3.05, 3.63) is 52.8 Å². The van der Waals surface area contributed by atoms with Crippen molar-refractivity contribution in [2.75, 3.05) is 6.61 Å². The molecule has 0 radical (unpaired) electrons. The van der Waals surface area contributed by atoms with Gasteiger partial charge in [0.25, 0.3) is 5.91 Å². The number of aromatic nitrogens is 1. The molecule has 0 saturated heterocycles. The van der Waals surface area contributed by atoms with Crippen LogP contribution < -0.4 is 9.54 Å². The van der Waals surface area contributed by atoms with Crippen molar-refractivity contribution in [2.45, 2.75) is 44.4 Å². The molecule has 0 aliphatic heterocycles. The third kappa shape index (κ3) is 4.28. The first-order chi connectivity index (χ1) is 13.8. The fourth-order valence-electron chi connectivity index (χ4n) is 2.93. The van der Waals surface area contributed by atoms with E-state index in [2.05, 4.69) is 4.99 Å². The molecule has 1 heterocycles. The minimum absolute atomic E-state index is 0.134. The number of benzene rings is 2. The molecule has 6 nitrogen and oxygen atoms in total. The number of amides is 1. The average molecular weight is 433 g/mol. The Morgan fingerprint density at radius 1 is 1.17 bits per heavy atom. The molecule has 2 aromatic carbocycles. The van der Waals surface area contributed by atoms with Crippen molar-refractivity contribution in [1.82, 2.24) is 4.57 Å². The topological polar surface area (TPSA) is 77.7 Å². The van der Waals surface area contributed by atoms with Crippen molar-refractivity contribution in [3.63, 3.8) is 0 Å². The summed E-state index contributed by atoms with van der Waals surface area (Å²) in [7, 11) is -3.46. The molecule has 0 unspecified atom stereocenters. The van der Waals surface area contributed by atoms with Crippen molar-refractivity contribution < 1.29 is 17.9 Å². The molecule has 1 amide bonds. The molecule has 0 aliphatic carbocycles. The monoisotopic (exact) mass is 432 g/mol. The second kappa shape index (κ2) is 8.51. The van der Waals surface area contributed by atoms with Crippen LogP contribution in [0.5, 0.6) is 5.75 Å². The van der Waals surface area contributed by atoms with E-state index in [1.165, 1.54) is 23.5 Å². The predicted molar refractivity (Wildman–Crippen MR) is 115 cm³/mol. The number of ether oxygens (including phenoxy) is 1. The molecule has 0 bridgehead atoms. The maximum Gasteiger partial charge on any atom is 0.279 e. The molecule has 0 spiro atoms. The quantitative estimate of drug-likeness (QED) is 0.589. The summed E-state index contributed by atoms with van der Waals surface area (Å²) in [5, 5.41) is -0.561. The zero-order valence-electron chi connectivity index (χ0n) is 16.9. The zero-order chi connectivity index (χ0) is 21.2. The van der Waals surface area contributed by atoms with Gasteiger partial charge in [0.1, 0.15) is 5.75 Å². The van der Waals surface area contributed by atoms with Crippen LogP contribution in [0, 0.1) is 0 Å². The lowest BCUT2D eigenvalue weighted by atomic mass is 10.2. The maximum absolute atomic E-state index is 12.8. The van der Waals surface area contributed by atoms with Gasteiger partial charge in [-0.15, -0.1) is 0 Å². The van der Waals surface area contributed by atoms with E-state index in [1.54, 1.807) is 26.0 Å². The largest absolute Gasteiger partial charge is 0.494 e. The molecule has 0 fully saturated rings. The third-order valence-corrected chi connectivity index (χ3v) is 7.70. The first-order valence-corrected chi connectivity index (χ1v) is 11.8. The highest BCUT2D eigenvalue weighted by atomic mass is 32.2. The molecule has 0 atom stereocenters. The molecular weight excluding hydrogens is 408 g/mol. The Morgan fingerprint density at radius 3 is 2.59 bits per heavy atom. The van der Waals surface area contributed by atoms with E-state index in [9.17, 15) is 13.2 Å². The maximum atomic E-state index is 12.8. The van der Waals surface area contributed by atoms with Crippen LogP contribution >= 0.6 is 11.3 Å². The summed E-state index contributed by atoms with van der Waals surface area (Å²) >= 11 is 1.40. The number of rotatable bonds is 6. The van der Waals surface area contributed by atoms with Gasteiger partial charge in [0.15, 0.2) is 14.6 Å². The molecule has 0 saturated carbocycles. The Morgan fingerprint density at radius 2 is 1.93 bits per heavy atom. The van der Waals surface area contributed by atoms with Crippen molar-refractivity contribution in [1.29, 1.82) is 0 Å². The standard InChI is InChI=1S/C21H24N2O4S2/c1-5-23-18-11-10-16(27-6-2)13-19(18)28-21(23)22-20(24)15-8-7-9-17(12-15)29(25,26)14(3)4/h7-14H,5-6H2,1-4H3. The summed E-state index contributed by atoms with van der Waals surface area (Å²) in [6.07, 6.45) is 0. The van der Waals surface area contributed by atoms with Crippen LogP contribution in [0.15, 0.2) is 52.4 Å². The van der Waals surface area contributed by atoms with Crippen LogP contribution in [0.25, 0.3) is 10.2 Å². The SMILES string of the molecule is CCOc1ccc2c(c1)sc(=NC(=O)c1cccc(S(=O)(=O)C(C)C)c1)n2CC. The van der Waals surface area contributed by atoms with Crippen LogP contribution in [-0.2, 0) is 16.4 Å². The number of carbonyl (C=O) groups excluding carboxylic acids is 1. The van der Waals surface area contributed by atoms with E-state index < -0.39 is 21.0 Å². The summed E-state index contributed by atoms with van der Waals surface area (Å²) in [5.41, 5.74) is 1.23. The number of nitrogens with zero attached hydrogens (tertiary/aromatic N) is 2. The van der Waals surface area contributed by atoms with Gasteiger partial charge in [0.2, 0.25) is 0 Å². The Kier molecular flexibility index (Phi) is 6.24. The number of hydrogen-bond donors (Lipinski definition) is 0. The lowest BCUT2D eigenvalue weighted by Gasteiger charge is -2.08.